The predicted molar refractivity (Wildman–Crippen MR) is 120 cm³/mol. The van der Waals surface area contributed by atoms with E-state index in [0.717, 1.165) is 75.9 Å². The summed E-state index contributed by atoms with van der Waals surface area (Å²) in [6, 6.07) is 0. The zero-order chi connectivity index (χ0) is 21.4. The molecule has 3 rings (SSSR count). The van der Waals surface area contributed by atoms with Gasteiger partial charge in [0.1, 0.15) is 12.4 Å². The zero-order valence-electron chi connectivity index (χ0n) is 19.4. The van der Waals surface area contributed by atoms with Crippen molar-refractivity contribution in [3.63, 3.8) is 0 Å². The highest BCUT2D eigenvalue weighted by Crippen LogP contribution is 2.38. The predicted octanol–water partition coefficient (Wildman–Crippen LogP) is 2.10. The van der Waals surface area contributed by atoms with Crippen molar-refractivity contribution >= 4 is 5.96 Å². The molecule has 0 spiro atoms. The maximum Gasteiger partial charge on any atom is 0.191 e. The molecule has 1 aromatic heterocycles. The highest BCUT2D eigenvalue weighted by atomic mass is 16.5. The van der Waals surface area contributed by atoms with Crippen molar-refractivity contribution in [2.24, 2.45) is 23.4 Å². The molecule has 170 valence electrons. The second-order valence-electron chi connectivity index (χ2n) is 9.45. The molecule has 2 fully saturated rings. The molecule has 2 heterocycles. The van der Waals surface area contributed by atoms with E-state index >= 15 is 0 Å². The first-order valence-corrected chi connectivity index (χ1v) is 11.6. The number of aryl methyl sites for hydroxylation is 1. The van der Waals surface area contributed by atoms with E-state index in [1.807, 2.05) is 18.5 Å². The van der Waals surface area contributed by atoms with Gasteiger partial charge in [-0.2, -0.15) is 0 Å². The van der Waals surface area contributed by atoms with Gasteiger partial charge in [0.25, 0.3) is 0 Å². The van der Waals surface area contributed by atoms with Crippen molar-refractivity contribution in [1.29, 1.82) is 0 Å². The molecule has 1 aliphatic heterocycles. The molecular formula is C22H41N7O. The average molecular weight is 420 g/mol. The largest absolute Gasteiger partial charge is 0.379 e. The molecule has 30 heavy (non-hydrogen) atoms. The van der Waals surface area contributed by atoms with Crippen LogP contribution in [0.2, 0.25) is 0 Å². The summed E-state index contributed by atoms with van der Waals surface area (Å²) < 4.78 is 7.44. The van der Waals surface area contributed by atoms with Crippen LogP contribution in [0, 0.1) is 18.3 Å². The van der Waals surface area contributed by atoms with Crippen LogP contribution in [0.5, 0.6) is 0 Å². The lowest BCUT2D eigenvalue weighted by molar-refractivity contribution is 0.0376. The molecule has 8 heteroatoms. The first-order valence-electron chi connectivity index (χ1n) is 11.6. The Hall–Kier alpha value is -1.67. The second-order valence-corrected chi connectivity index (χ2v) is 9.45. The highest BCUT2D eigenvalue weighted by Gasteiger charge is 2.31. The van der Waals surface area contributed by atoms with Crippen LogP contribution >= 0.6 is 0 Å². The zero-order valence-corrected chi connectivity index (χ0v) is 19.4. The molecule has 1 aliphatic carbocycles. The van der Waals surface area contributed by atoms with Gasteiger partial charge in [0.2, 0.25) is 0 Å². The molecule has 1 aromatic rings. The molecule has 8 nitrogen and oxygen atoms in total. The van der Waals surface area contributed by atoms with Gasteiger partial charge in [-0.3, -0.25) is 4.90 Å². The van der Waals surface area contributed by atoms with E-state index in [0.29, 0.717) is 6.54 Å². The van der Waals surface area contributed by atoms with E-state index in [2.05, 4.69) is 39.6 Å². The molecule has 2 aliphatic rings. The van der Waals surface area contributed by atoms with E-state index in [4.69, 9.17) is 9.73 Å². The summed E-state index contributed by atoms with van der Waals surface area (Å²) in [7, 11) is 1.99. The Morgan fingerprint density at radius 1 is 1.17 bits per heavy atom. The Morgan fingerprint density at radius 3 is 2.57 bits per heavy atom. The van der Waals surface area contributed by atoms with Crippen molar-refractivity contribution in [3.05, 3.63) is 11.6 Å². The number of morpholine rings is 1. The number of aliphatic imine (C=N–C) groups is 1. The fourth-order valence-corrected chi connectivity index (χ4v) is 4.41. The number of guanidine groups is 1. The van der Waals surface area contributed by atoms with Crippen LogP contribution in [-0.2, 0) is 18.3 Å². The van der Waals surface area contributed by atoms with Gasteiger partial charge in [0.05, 0.1) is 13.2 Å². The van der Waals surface area contributed by atoms with Crippen molar-refractivity contribution < 1.29 is 4.74 Å². The minimum absolute atomic E-state index is 0.272. The Balaban J connectivity index is 1.53. The summed E-state index contributed by atoms with van der Waals surface area (Å²) in [6.07, 6.45) is 6.55. The van der Waals surface area contributed by atoms with Crippen molar-refractivity contribution in [1.82, 2.24) is 30.3 Å². The number of aromatic nitrogens is 3. The Labute approximate surface area is 181 Å². The van der Waals surface area contributed by atoms with E-state index in [1.54, 1.807) is 0 Å². The quantitative estimate of drug-likeness (QED) is 0.363. The minimum atomic E-state index is 0.272. The van der Waals surface area contributed by atoms with Crippen LogP contribution in [0.15, 0.2) is 4.99 Å². The van der Waals surface area contributed by atoms with Gasteiger partial charge < -0.3 is 19.9 Å². The topological polar surface area (TPSA) is 79.6 Å². The van der Waals surface area contributed by atoms with Crippen LogP contribution in [0.4, 0.5) is 0 Å². The van der Waals surface area contributed by atoms with E-state index < -0.39 is 0 Å². The van der Waals surface area contributed by atoms with Gasteiger partial charge in [-0.1, -0.05) is 26.7 Å². The van der Waals surface area contributed by atoms with Crippen molar-refractivity contribution in [2.75, 3.05) is 45.9 Å². The standard InChI is InChI=1S/C22H41N7O/c1-18-26-27-20(28(18)4)16-24-21(23-10-7-11-29-12-14-30-15-13-29)25-17-22(2,3)19-8-5-6-9-19/h19H,5-17H2,1-4H3,(H2,23,24,25). The summed E-state index contributed by atoms with van der Waals surface area (Å²) in [6.45, 7) is 14.0. The van der Waals surface area contributed by atoms with Gasteiger partial charge in [-0.25, -0.2) is 4.99 Å². The molecule has 1 saturated carbocycles. The van der Waals surface area contributed by atoms with E-state index in [1.165, 1.54) is 25.7 Å². The van der Waals surface area contributed by atoms with Crippen LogP contribution < -0.4 is 10.6 Å². The molecule has 0 amide bonds. The first-order chi connectivity index (χ1) is 14.5. The number of hydrogen-bond donors (Lipinski definition) is 2. The van der Waals surface area contributed by atoms with E-state index in [-0.39, 0.29) is 5.41 Å². The van der Waals surface area contributed by atoms with Crippen LogP contribution in [0.3, 0.4) is 0 Å². The van der Waals surface area contributed by atoms with Crippen LogP contribution in [0.1, 0.15) is 57.6 Å². The van der Waals surface area contributed by atoms with Gasteiger partial charge in [0, 0.05) is 33.2 Å². The lowest BCUT2D eigenvalue weighted by atomic mass is 9.78. The summed E-state index contributed by atoms with van der Waals surface area (Å²) in [5.41, 5.74) is 0.272. The number of nitrogens with zero attached hydrogens (tertiary/aromatic N) is 5. The molecule has 2 N–H and O–H groups in total. The minimum Gasteiger partial charge on any atom is -0.379 e. The SMILES string of the molecule is Cc1nnc(CN=C(NCCCN2CCOCC2)NCC(C)(C)C2CCCC2)n1C. The lowest BCUT2D eigenvalue weighted by Gasteiger charge is -2.32. The normalized spacial score (nSPS) is 19.4. The van der Waals surface area contributed by atoms with Gasteiger partial charge in [0.15, 0.2) is 11.8 Å². The smallest absolute Gasteiger partial charge is 0.191 e. The maximum atomic E-state index is 5.44. The van der Waals surface area contributed by atoms with Gasteiger partial charge in [-0.15, -0.1) is 10.2 Å². The molecule has 0 bridgehead atoms. The molecule has 0 unspecified atom stereocenters. The molecule has 1 saturated heterocycles. The van der Waals surface area contributed by atoms with Gasteiger partial charge >= 0.3 is 0 Å². The highest BCUT2D eigenvalue weighted by molar-refractivity contribution is 5.79. The van der Waals surface area contributed by atoms with E-state index in [9.17, 15) is 0 Å². The third-order valence-electron chi connectivity index (χ3n) is 6.78. The number of rotatable bonds is 9. The molecular weight excluding hydrogens is 378 g/mol. The summed E-state index contributed by atoms with van der Waals surface area (Å²) in [4.78, 5) is 7.29. The van der Waals surface area contributed by atoms with Crippen molar-refractivity contribution in [3.8, 4) is 0 Å². The first kappa shape index (κ1) is 23.0. The Kier molecular flexibility index (Phi) is 8.50. The molecule has 0 aromatic carbocycles. The maximum absolute atomic E-state index is 5.44. The molecule has 0 atom stereocenters. The fraction of sp³-hybridized carbons (Fsp3) is 0.864. The summed E-state index contributed by atoms with van der Waals surface area (Å²) in [5, 5.41) is 15.6. The number of nitrogens with one attached hydrogen (secondary N) is 2. The fourth-order valence-electron chi connectivity index (χ4n) is 4.41. The average Bonchev–Trinajstić information content (AvgIpc) is 3.40. The van der Waals surface area contributed by atoms with Crippen molar-refractivity contribution in [2.45, 2.75) is 59.4 Å². The number of ether oxygens (including phenoxy) is 1. The molecule has 0 radical (unpaired) electrons. The lowest BCUT2D eigenvalue weighted by Crippen LogP contribution is -2.45. The third kappa shape index (κ3) is 6.67. The van der Waals surface area contributed by atoms with Crippen LogP contribution in [0.25, 0.3) is 0 Å². The van der Waals surface area contributed by atoms with Crippen LogP contribution in [-0.4, -0.2) is 71.6 Å². The Morgan fingerprint density at radius 2 is 1.90 bits per heavy atom. The third-order valence-corrected chi connectivity index (χ3v) is 6.78. The summed E-state index contributed by atoms with van der Waals surface area (Å²) in [5.74, 6) is 3.48. The second kappa shape index (κ2) is 11.1. The number of hydrogen-bond acceptors (Lipinski definition) is 5. The monoisotopic (exact) mass is 419 g/mol. The Bertz CT molecular complexity index is 673. The summed E-state index contributed by atoms with van der Waals surface area (Å²) >= 11 is 0. The van der Waals surface area contributed by atoms with Gasteiger partial charge in [-0.05, 0) is 44.1 Å².